The highest BCUT2D eigenvalue weighted by molar-refractivity contribution is 7.58. The zero-order valence-electron chi connectivity index (χ0n) is 11.7. The van der Waals surface area contributed by atoms with E-state index in [1.807, 2.05) is 18.2 Å². The lowest BCUT2D eigenvalue weighted by Crippen LogP contribution is -2.18. The highest BCUT2D eigenvalue weighted by Crippen LogP contribution is 2.42. The molecule has 0 bridgehead atoms. The van der Waals surface area contributed by atoms with Gasteiger partial charge in [-0.25, -0.2) is 4.79 Å². The van der Waals surface area contributed by atoms with Crippen LogP contribution >= 0.6 is 7.37 Å². The SMILES string of the molecule is CCOP(C)(=O)CCC(=O)C(=O)OCc1ccccc1. The summed E-state index contributed by atoms with van der Waals surface area (Å²) in [4.78, 5) is 23.1. The molecule has 0 spiro atoms. The summed E-state index contributed by atoms with van der Waals surface area (Å²) < 4.78 is 21.7. The maximum atomic E-state index is 11.8. The molecule has 0 aliphatic rings. The molecule has 6 heteroatoms. The van der Waals surface area contributed by atoms with E-state index in [2.05, 4.69) is 0 Å². The Morgan fingerprint density at radius 2 is 1.85 bits per heavy atom. The zero-order valence-corrected chi connectivity index (χ0v) is 12.6. The van der Waals surface area contributed by atoms with Crippen LogP contribution in [0.4, 0.5) is 0 Å². The molecule has 0 aromatic heterocycles. The molecule has 1 atom stereocenters. The van der Waals surface area contributed by atoms with Crippen molar-refractivity contribution < 1.29 is 23.4 Å². The van der Waals surface area contributed by atoms with E-state index < -0.39 is 19.1 Å². The van der Waals surface area contributed by atoms with Gasteiger partial charge in [-0.2, -0.15) is 0 Å². The average Bonchev–Trinajstić information content (AvgIpc) is 2.43. The minimum atomic E-state index is -2.79. The topological polar surface area (TPSA) is 69.7 Å². The van der Waals surface area contributed by atoms with Gasteiger partial charge < -0.3 is 9.26 Å². The van der Waals surface area contributed by atoms with Crippen LogP contribution in [0.5, 0.6) is 0 Å². The third-order valence-electron chi connectivity index (χ3n) is 2.59. The number of esters is 1. The van der Waals surface area contributed by atoms with E-state index in [0.29, 0.717) is 6.61 Å². The fraction of sp³-hybridized carbons (Fsp3) is 0.429. The Balaban J connectivity index is 2.36. The second-order valence-electron chi connectivity index (χ2n) is 4.39. The first-order valence-corrected chi connectivity index (χ1v) is 8.65. The second-order valence-corrected chi connectivity index (χ2v) is 7.12. The second kappa shape index (κ2) is 7.98. The van der Waals surface area contributed by atoms with Crippen molar-refractivity contribution in [1.82, 2.24) is 0 Å². The van der Waals surface area contributed by atoms with Gasteiger partial charge in [0.05, 0.1) is 6.61 Å². The third-order valence-corrected chi connectivity index (χ3v) is 4.43. The summed E-state index contributed by atoms with van der Waals surface area (Å²) in [6.45, 7) is 3.56. The molecule has 110 valence electrons. The highest BCUT2D eigenvalue weighted by Gasteiger charge is 2.21. The lowest BCUT2D eigenvalue weighted by Gasteiger charge is -2.11. The normalized spacial score (nSPS) is 13.5. The molecule has 1 rings (SSSR count). The number of hydrogen-bond donors (Lipinski definition) is 0. The van der Waals surface area contributed by atoms with Crippen LogP contribution < -0.4 is 0 Å². The molecule has 0 heterocycles. The van der Waals surface area contributed by atoms with Crippen molar-refractivity contribution in [3.63, 3.8) is 0 Å². The molecule has 0 radical (unpaired) electrons. The van der Waals surface area contributed by atoms with Gasteiger partial charge in [0, 0.05) is 19.2 Å². The van der Waals surface area contributed by atoms with Gasteiger partial charge in [0.25, 0.3) is 0 Å². The standard InChI is InChI=1S/C14H19O5P/c1-3-19-20(2,17)10-9-13(15)14(16)18-11-12-7-5-4-6-8-12/h4-8H,3,9-11H2,1-2H3. The van der Waals surface area contributed by atoms with Crippen molar-refractivity contribution in [1.29, 1.82) is 0 Å². The molecule has 1 unspecified atom stereocenters. The predicted molar refractivity (Wildman–Crippen MR) is 75.9 cm³/mol. The first-order valence-electron chi connectivity index (χ1n) is 6.39. The fourth-order valence-electron chi connectivity index (χ4n) is 1.55. The van der Waals surface area contributed by atoms with Crippen molar-refractivity contribution in [2.45, 2.75) is 20.0 Å². The molecule has 0 N–H and O–H groups in total. The number of ether oxygens (including phenoxy) is 1. The highest BCUT2D eigenvalue weighted by atomic mass is 31.2. The summed E-state index contributed by atoms with van der Waals surface area (Å²) in [5.74, 6) is -1.58. The number of carbonyl (C=O) groups is 2. The molecule has 20 heavy (non-hydrogen) atoms. The molecule has 0 aliphatic heterocycles. The molecule has 0 saturated heterocycles. The smallest absolute Gasteiger partial charge is 0.374 e. The van der Waals surface area contributed by atoms with E-state index in [0.717, 1.165) is 5.56 Å². The maximum Gasteiger partial charge on any atom is 0.374 e. The Bertz CT molecular complexity index is 498. The maximum absolute atomic E-state index is 11.8. The molecule has 5 nitrogen and oxygen atoms in total. The third kappa shape index (κ3) is 6.13. The van der Waals surface area contributed by atoms with Crippen LogP contribution in [0.25, 0.3) is 0 Å². The predicted octanol–water partition coefficient (Wildman–Crippen LogP) is 2.63. The molecule has 0 amide bonds. The molecule has 1 aromatic rings. The van der Waals surface area contributed by atoms with Crippen LogP contribution in [0.3, 0.4) is 0 Å². The van der Waals surface area contributed by atoms with Gasteiger partial charge in [-0.15, -0.1) is 0 Å². The molecule has 0 fully saturated rings. The van der Waals surface area contributed by atoms with Crippen molar-refractivity contribution in [2.24, 2.45) is 0 Å². The van der Waals surface area contributed by atoms with Crippen LogP contribution in [-0.4, -0.2) is 31.2 Å². The van der Waals surface area contributed by atoms with Crippen LogP contribution in [0.15, 0.2) is 30.3 Å². The van der Waals surface area contributed by atoms with Gasteiger partial charge in [-0.05, 0) is 12.5 Å². The van der Waals surface area contributed by atoms with Crippen molar-refractivity contribution in [3.05, 3.63) is 35.9 Å². The molecular formula is C14H19O5P. The van der Waals surface area contributed by atoms with Crippen molar-refractivity contribution in [3.8, 4) is 0 Å². The Morgan fingerprint density at radius 3 is 2.45 bits per heavy atom. The van der Waals surface area contributed by atoms with Crippen LogP contribution in [0.2, 0.25) is 0 Å². The van der Waals surface area contributed by atoms with E-state index in [-0.39, 0.29) is 19.2 Å². The number of benzene rings is 1. The van der Waals surface area contributed by atoms with Crippen LogP contribution in [0, 0.1) is 0 Å². The summed E-state index contributed by atoms with van der Waals surface area (Å²) in [6.07, 6.45) is -0.0679. The summed E-state index contributed by atoms with van der Waals surface area (Å²) in [6, 6.07) is 9.09. The molecule has 1 aromatic carbocycles. The monoisotopic (exact) mass is 298 g/mol. The Kier molecular flexibility index (Phi) is 6.62. The lowest BCUT2D eigenvalue weighted by molar-refractivity contribution is -0.154. The van der Waals surface area contributed by atoms with Gasteiger partial charge in [0.1, 0.15) is 6.61 Å². The number of rotatable bonds is 8. The van der Waals surface area contributed by atoms with Crippen LogP contribution in [0.1, 0.15) is 18.9 Å². The van der Waals surface area contributed by atoms with Crippen LogP contribution in [-0.2, 0) is 30.0 Å². The average molecular weight is 298 g/mol. The largest absolute Gasteiger partial charge is 0.455 e. The van der Waals surface area contributed by atoms with E-state index in [1.165, 1.54) is 6.66 Å². The van der Waals surface area contributed by atoms with Crippen molar-refractivity contribution >= 4 is 19.1 Å². The Labute approximate surface area is 118 Å². The first kappa shape index (κ1) is 16.6. The molecule has 0 saturated carbocycles. The van der Waals surface area contributed by atoms with E-state index in [9.17, 15) is 14.2 Å². The van der Waals surface area contributed by atoms with E-state index in [4.69, 9.17) is 9.26 Å². The van der Waals surface area contributed by atoms with Gasteiger partial charge in [0.15, 0.2) is 0 Å². The fourth-order valence-corrected chi connectivity index (χ4v) is 2.83. The summed E-state index contributed by atoms with van der Waals surface area (Å²) in [5.41, 5.74) is 0.809. The molecular weight excluding hydrogens is 279 g/mol. The first-order chi connectivity index (χ1) is 9.44. The summed E-state index contributed by atoms with van der Waals surface area (Å²) in [5, 5.41) is 0. The van der Waals surface area contributed by atoms with E-state index >= 15 is 0 Å². The summed E-state index contributed by atoms with van der Waals surface area (Å²) in [7, 11) is -2.79. The van der Waals surface area contributed by atoms with Gasteiger partial charge in [0.2, 0.25) is 13.2 Å². The summed E-state index contributed by atoms with van der Waals surface area (Å²) >= 11 is 0. The zero-order chi connectivity index (χ0) is 15.0. The number of ketones is 1. The van der Waals surface area contributed by atoms with Crippen molar-refractivity contribution in [2.75, 3.05) is 19.4 Å². The number of Topliss-reactive ketones (excluding diaryl/α,β-unsaturated/α-hetero) is 1. The Morgan fingerprint density at radius 1 is 1.20 bits per heavy atom. The van der Waals surface area contributed by atoms with Gasteiger partial charge in [-0.3, -0.25) is 9.36 Å². The molecule has 0 aliphatic carbocycles. The Hall–Kier alpha value is -1.45. The number of carbonyl (C=O) groups excluding carboxylic acids is 2. The quantitative estimate of drug-likeness (QED) is 0.419. The minimum absolute atomic E-state index is 0.0557. The number of hydrogen-bond acceptors (Lipinski definition) is 5. The van der Waals surface area contributed by atoms with Gasteiger partial charge in [-0.1, -0.05) is 30.3 Å². The minimum Gasteiger partial charge on any atom is -0.455 e. The lowest BCUT2D eigenvalue weighted by atomic mass is 10.2. The van der Waals surface area contributed by atoms with E-state index in [1.54, 1.807) is 19.1 Å². The van der Waals surface area contributed by atoms with Gasteiger partial charge >= 0.3 is 5.97 Å².